The van der Waals surface area contributed by atoms with Gasteiger partial charge in [0.1, 0.15) is 0 Å². The zero-order valence-corrected chi connectivity index (χ0v) is 14.9. The Kier molecular flexibility index (Phi) is 4.64. The second-order valence-corrected chi connectivity index (χ2v) is 22.2. The van der Waals surface area contributed by atoms with Crippen LogP contribution in [0, 0.1) is 10.8 Å². The topological polar surface area (TPSA) is 35.5 Å². The second kappa shape index (κ2) is 4.34. The first-order chi connectivity index (χ1) is 6.92. The van der Waals surface area contributed by atoms with Crippen LogP contribution < -0.4 is 0 Å². The molecule has 0 N–H and O–H groups in total. The molecule has 0 aromatic carbocycles. The first-order valence-corrected chi connectivity index (χ1v) is 12.8. The van der Waals surface area contributed by atoms with Crippen molar-refractivity contribution in [3.8, 4) is 0 Å². The van der Waals surface area contributed by atoms with E-state index in [0.717, 1.165) is 0 Å². The van der Waals surface area contributed by atoms with Gasteiger partial charge in [-0.15, -0.1) is 0 Å². The summed E-state index contributed by atoms with van der Waals surface area (Å²) < 4.78 is 22.5. The molecule has 17 heavy (non-hydrogen) atoms. The molecule has 0 bridgehead atoms. The molecule has 0 unspecified atom stereocenters. The van der Waals surface area contributed by atoms with E-state index >= 15 is 0 Å². The van der Waals surface area contributed by atoms with Gasteiger partial charge in [0.15, 0.2) is 0 Å². The molecule has 0 aliphatic rings. The number of hydrogen-bond donors (Lipinski definition) is 0. The Morgan fingerprint density at radius 1 is 0.824 bits per heavy atom. The van der Waals surface area contributed by atoms with E-state index in [1.165, 1.54) is 0 Å². The molecule has 0 atom stereocenters. The predicted molar refractivity (Wildman–Crippen MR) is 69.1 cm³/mol. The van der Waals surface area contributed by atoms with Crippen molar-refractivity contribution >= 4 is 29.5 Å². The Morgan fingerprint density at radius 2 is 1.06 bits per heavy atom. The van der Waals surface area contributed by atoms with Crippen LogP contribution in [-0.4, -0.2) is 13.2 Å². The van der Waals surface area contributed by atoms with Crippen molar-refractivity contribution in [3.63, 3.8) is 0 Å². The van der Waals surface area contributed by atoms with Crippen molar-refractivity contribution in [1.29, 1.82) is 0 Å². The Morgan fingerprint density at radius 3 is 1.24 bits per heavy atom. The number of hydrogen-bond acceptors (Lipinski definition) is 3. The standard InChI is InChI=1S/2C5H11O.3ClH.O.V/c2*1-5(2,3)4-6;;;;;/h2*4H2,1-3H3;3*1H;;/q2*-1;;;;;+5/p-3. The quantitative estimate of drug-likeness (QED) is 0.720. The van der Waals surface area contributed by atoms with Crippen molar-refractivity contribution in [2.75, 3.05) is 13.2 Å². The molecule has 106 valence electrons. The van der Waals surface area contributed by atoms with Gasteiger partial charge >= 0.3 is 116 Å². The molecule has 0 aromatic rings. The van der Waals surface area contributed by atoms with Gasteiger partial charge in [-0.3, -0.25) is 0 Å². The monoisotopic (exact) mass is 346 g/mol. The second-order valence-electron chi connectivity index (χ2n) is 6.70. The zero-order valence-electron chi connectivity index (χ0n) is 11.2. The molecule has 0 heterocycles. The fourth-order valence-corrected chi connectivity index (χ4v) is 4.00. The summed E-state index contributed by atoms with van der Waals surface area (Å²) in [7, 11) is 10.9. The molecule has 0 amide bonds. The van der Waals surface area contributed by atoms with E-state index in [-0.39, 0.29) is 24.0 Å². The average Bonchev–Trinajstić information content (AvgIpc) is 1.95. The fourth-order valence-electron chi connectivity index (χ4n) is 0.676. The van der Waals surface area contributed by atoms with Crippen LogP contribution in [0.25, 0.3) is 0 Å². The maximum absolute atomic E-state index is 12.4. The summed E-state index contributed by atoms with van der Waals surface area (Å²) in [5.74, 6) is 0. The first kappa shape index (κ1) is 18.2. The molecule has 0 aromatic heterocycles. The van der Waals surface area contributed by atoms with Gasteiger partial charge in [-0.25, -0.2) is 0 Å². The molecule has 0 aliphatic heterocycles. The minimum absolute atomic E-state index is 0.0388. The predicted octanol–water partition coefficient (Wildman–Crippen LogP) is 4.97. The summed E-state index contributed by atoms with van der Waals surface area (Å²) in [6.07, 6.45) is 0. The van der Waals surface area contributed by atoms with Gasteiger partial charge in [-0.05, 0) is 0 Å². The summed E-state index contributed by atoms with van der Waals surface area (Å²) in [6, 6.07) is 0. The molecular weight excluding hydrogens is 325 g/mol. The minimum atomic E-state index is -6.40. The van der Waals surface area contributed by atoms with Gasteiger partial charge in [0.05, 0.1) is 0 Å². The SMILES string of the molecule is CC(C)(C)C[O][V](=[O])([Cl])([Cl])([Cl])[O]CC(C)(C)C. The van der Waals surface area contributed by atoms with Crippen LogP contribution in [0.4, 0.5) is 0 Å². The summed E-state index contributed by atoms with van der Waals surface area (Å²) >= 11 is 0. The summed E-state index contributed by atoms with van der Waals surface area (Å²) in [6.45, 7) is 11.4. The number of halogens is 3. The van der Waals surface area contributed by atoms with E-state index in [4.69, 9.17) is 36.9 Å². The third kappa shape index (κ3) is 10.8. The van der Waals surface area contributed by atoms with Crippen LogP contribution in [0.15, 0.2) is 0 Å². The summed E-state index contributed by atoms with van der Waals surface area (Å²) in [5, 5.41) is 0. The Bertz CT molecular complexity index is 333. The van der Waals surface area contributed by atoms with Crippen LogP contribution in [0.5, 0.6) is 0 Å². The van der Waals surface area contributed by atoms with Crippen molar-refractivity contribution in [2.24, 2.45) is 10.8 Å². The van der Waals surface area contributed by atoms with Crippen LogP contribution in [0.3, 0.4) is 0 Å². The normalized spacial score (nSPS) is 18.6. The van der Waals surface area contributed by atoms with E-state index in [1.54, 1.807) is 0 Å². The number of rotatable bonds is 4. The third-order valence-corrected chi connectivity index (χ3v) is 5.89. The third-order valence-electron chi connectivity index (χ3n) is 1.50. The van der Waals surface area contributed by atoms with Crippen LogP contribution >= 0.6 is 29.5 Å². The average molecular weight is 348 g/mol. The zero-order chi connectivity index (χ0) is 14.2. The van der Waals surface area contributed by atoms with E-state index in [9.17, 15) is 3.67 Å². The molecule has 0 rings (SSSR count). The molecular formula is C10H22Cl3O3V. The van der Waals surface area contributed by atoms with Gasteiger partial charge in [-0.2, -0.15) is 0 Å². The Labute approximate surface area is 115 Å². The van der Waals surface area contributed by atoms with Gasteiger partial charge in [-0.1, -0.05) is 0 Å². The van der Waals surface area contributed by atoms with Gasteiger partial charge in [0.25, 0.3) is 0 Å². The molecule has 0 saturated carbocycles. The molecule has 0 aliphatic carbocycles. The fraction of sp³-hybridized carbons (Fsp3) is 1.00. The van der Waals surface area contributed by atoms with Crippen molar-refractivity contribution in [1.82, 2.24) is 0 Å². The van der Waals surface area contributed by atoms with E-state index < -0.39 is 9.53 Å². The molecule has 0 radical (unpaired) electrons. The molecule has 0 spiro atoms. The van der Waals surface area contributed by atoms with E-state index in [2.05, 4.69) is 0 Å². The summed E-state index contributed by atoms with van der Waals surface area (Å²) in [5.41, 5.74) is -0.551. The van der Waals surface area contributed by atoms with Crippen molar-refractivity contribution < 1.29 is 20.5 Å². The molecule has 7 heteroatoms. The van der Waals surface area contributed by atoms with Crippen molar-refractivity contribution in [2.45, 2.75) is 41.5 Å². The van der Waals surface area contributed by atoms with Crippen LogP contribution in [0.1, 0.15) is 41.5 Å². The maximum atomic E-state index is 12.4. The van der Waals surface area contributed by atoms with Gasteiger partial charge < -0.3 is 0 Å². The van der Waals surface area contributed by atoms with Crippen LogP contribution in [0.2, 0.25) is 0 Å². The molecule has 0 fully saturated rings. The summed E-state index contributed by atoms with van der Waals surface area (Å²) in [4.78, 5) is 0. The van der Waals surface area contributed by atoms with Gasteiger partial charge in [0.2, 0.25) is 0 Å². The molecule has 0 saturated heterocycles. The van der Waals surface area contributed by atoms with E-state index in [0.29, 0.717) is 0 Å². The van der Waals surface area contributed by atoms with Crippen LogP contribution in [-0.2, 0) is 20.5 Å². The van der Waals surface area contributed by atoms with E-state index in [1.807, 2.05) is 41.5 Å². The van der Waals surface area contributed by atoms with Gasteiger partial charge in [0, 0.05) is 0 Å². The molecule has 3 nitrogen and oxygen atoms in total. The van der Waals surface area contributed by atoms with Crippen molar-refractivity contribution in [3.05, 3.63) is 0 Å². The first-order valence-electron chi connectivity index (χ1n) is 5.34. The Balaban J connectivity index is 4.83. The Hall–Kier alpha value is 1.17.